The number of carbonyl (C=O) groups excluding carboxylic acids is 1. The van der Waals surface area contributed by atoms with Gasteiger partial charge in [0.25, 0.3) is 11.5 Å². The van der Waals surface area contributed by atoms with Crippen LogP contribution in [-0.2, 0) is 13.6 Å². The summed E-state index contributed by atoms with van der Waals surface area (Å²) in [7, 11) is 1.57. The molecule has 196 valence electrons. The number of benzene rings is 1. The first-order chi connectivity index (χ1) is 18.0. The number of nitrogens with two attached hydrogens (primary N) is 1. The molecule has 0 spiro atoms. The van der Waals surface area contributed by atoms with Crippen LogP contribution >= 0.6 is 0 Å². The molecule has 1 fully saturated rings. The van der Waals surface area contributed by atoms with Crippen LogP contribution in [0, 0.1) is 11.8 Å². The lowest BCUT2D eigenvalue weighted by Gasteiger charge is -2.26. The van der Waals surface area contributed by atoms with Gasteiger partial charge in [0.15, 0.2) is 11.2 Å². The van der Waals surface area contributed by atoms with E-state index in [4.69, 9.17) is 10.5 Å². The minimum atomic E-state index is -0.338. The van der Waals surface area contributed by atoms with Crippen molar-refractivity contribution in [1.82, 2.24) is 29.3 Å². The zero-order valence-corrected chi connectivity index (χ0v) is 21.4. The number of fused-ring (bicyclic) bond motifs is 1. The van der Waals surface area contributed by atoms with E-state index in [0.717, 1.165) is 19.6 Å². The number of rotatable bonds is 10. The van der Waals surface area contributed by atoms with Crippen LogP contribution in [0.3, 0.4) is 0 Å². The Labute approximate surface area is 216 Å². The molecule has 3 aromatic rings. The highest BCUT2D eigenvalue weighted by Crippen LogP contribution is 2.25. The van der Waals surface area contributed by atoms with Crippen molar-refractivity contribution in [1.29, 1.82) is 0 Å². The van der Waals surface area contributed by atoms with Gasteiger partial charge in [-0.15, -0.1) is 5.92 Å². The fourth-order valence-corrected chi connectivity index (χ4v) is 4.31. The second kappa shape index (κ2) is 12.4. The van der Waals surface area contributed by atoms with Crippen molar-refractivity contribution in [3.05, 3.63) is 40.2 Å². The summed E-state index contributed by atoms with van der Waals surface area (Å²) in [6.07, 6.45) is 3.68. The van der Waals surface area contributed by atoms with Crippen LogP contribution in [0.5, 0.6) is 11.8 Å². The first-order valence-corrected chi connectivity index (χ1v) is 12.6. The van der Waals surface area contributed by atoms with E-state index in [1.807, 2.05) is 0 Å². The summed E-state index contributed by atoms with van der Waals surface area (Å²) in [4.78, 5) is 37.6. The van der Waals surface area contributed by atoms with Gasteiger partial charge in [-0.1, -0.05) is 24.5 Å². The fraction of sp³-hybridized carbons (Fsp3) is 0.462. The Kier molecular flexibility index (Phi) is 8.77. The molecule has 2 aromatic heterocycles. The Balaban J connectivity index is 1.58. The Morgan fingerprint density at radius 2 is 1.95 bits per heavy atom. The molecule has 11 nitrogen and oxygen atoms in total. The van der Waals surface area contributed by atoms with E-state index in [2.05, 4.69) is 37.3 Å². The summed E-state index contributed by atoms with van der Waals surface area (Å²) >= 11 is 0. The molecule has 3 heterocycles. The summed E-state index contributed by atoms with van der Waals surface area (Å²) < 4.78 is 9.01. The first kappa shape index (κ1) is 26.2. The highest BCUT2D eigenvalue weighted by molar-refractivity contribution is 5.97. The third kappa shape index (κ3) is 6.10. The summed E-state index contributed by atoms with van der Waals surface area (Å²) in [5.74, 6) is 6.32. The lowest BCUT2D eigenvalue weighted by atomic mass is 10.1. The minimum absolute atomic E-state index is 0.0302. The number of hydrogen-bond donors (Lipinski definition) is 3. The molecule has 0 atom stereocenters. The summed E-state index contributed by atoms with van der Waals surface area (Å²) in [5.41, 5.74) is 6.18. The van der Waals surface area contributed by atoms with Crippen molar-refractivity contribution < 1.29 is 9.53 Å². The molecule has 0 bridgehead atoms. The largest absolute Gasteiger partial charge is 0.425 e. The van der Waals surface area contributed by atoms with Crippen molar-refractivity contribution in [3.8, 4) is 23.6 Å². The molecule has 1 amide bonds. The van der Waals surface area contributed by atoms with Crippen molar-refractivity contribution in [3.63, 3.8) is 0 Å². The van der Waals surface area contributed by atoms with Gasteiger partial charge >= 0.3 is 6.01 Å². The molecule has 1 aromatic carbocycles. The number of amides is 1. The maximum Gasteiger partial charge on any atom is 0.306 e. The third-order valence-electron chi connectivity index (χ3n) is 6.28. The Morgan fingerprint density at radius 1 is 1.16 bits per heavy atom. The van der Waals surface area contributed by atoms with Crippen molar-refractivity contribution >= 4 is 23.0 Å². The number of likely N-dealkylation sites (tertiary alicyclic amines) is 1. The maximum absolute atomic E-state index is 13.3. The molecule has 0 unspecified atom stereocenters. The van der Waals surface area contributed by atoms with Gasteiger partial charge in [-0.25, -0.2) is 0 Å². The van der Waals surface area contributed by atoms with Gasteiger partial charge in [0.1, 0.15) is 5.75 Å². The molecule has 11 heteroatoms. The van der Waals surface area contributed by atoms with E-state index < -0.39 is 0 Å². The molecule has 0 saturated carbocycles. The van der Waals surface area contributed by atoms with Crippen LogP contribution in [0.4, 0.5) is 5.95 Å². The zero-order chi connectivity index (χ0) is 26.2. The number of carbonyl (C=O) groups is 1. The van der Waals surface area contributed by atoms with Crippen LogP contribution in [0.15, 0.2) is 29.1 Å². The van der Waals surface area contributed by atoms with Gasteiger partial charge in [-0.05, 0) is 45.0 Å². The minimum Gasteiger partial charge on any atom is -0.425 e. The van der Waals surface area contributed by atoms with Crippen LogP contribution in [-0.4, -0.2) is 69.2 Å². The normalized spacial score (nSPS) is 13.7. The number of ether oxygens (including phenoxy) is 1. The summed E-state index contributed by atoms with van der Waals surface area (Å²) in [6, 6.07) is 6.94. The van der Waals surface area contributed by atoms with Crippen molar-refractivity contribution in [2.45, 2.75) is 32.7 Å². The standard InChI is InChI=1S/C26H34N8O3/c1-3-4-17-34-21-22(30-25(34)29-13-12-27)31-26(32(2)24(21)36)37-20-11-7-6-10-19(20)23(35)28-14-18-33-15-8-5-9-16-33/h6-7,10-11H,5,8-9,12-18,27H2,1-2H3,(H,28,35)(H,29,30). The van der Waals surface area contributed by atoms with Crippen LogP contribution < -0.4 is 26.7 Å². The molecule has 4 N–H and O–H groups in total. The Hall–Kier alpha value is -3.88. The molecule has 4 rings (SSSR count). The first-order valence-electron chi connectivity index (χ1n) is 12.6. The van der Waals surface area contributed by atoms with Crippen LogP contribution in [0.25, 0.3) is 11.2 Å². The SMILES string of the molecule is CC#CCn1c(NCCN)nc2nc(Oc3ccccc3C(=O)NCCN3CCCCC3)n(C)c(=O)c21. The lowest BCUT2D eigenvalue weighted by molar-refractivity contribution is 0.0944. The molecule has 0 aliphatic carbocycles. The number of nitrogens with zero attached hydrogens (tertiary/aromatic N) is 5. The highest BCUT2D eigenvalue weighted by atomic mass is 16.5. The van der Waals surface area contributed by atoms with Crippen molar-refractivity contribution in [2.24, 2.45) is 12.8 Å². The molecule has 1 saturated heterocycles. The average molecular weight is 507 g/mol. The van der Waals surface area contributed by atoms with E-state index in [9.17, 15) is 9.59 Å². The van der Waals surface area contributed by atoms with E-state index in [1.165, 1.54) is 23.8 Å². The number of imidazole rings is 1. The van der Waals surface area contributed by atoms with Gasteiger partial charge in [-0.3, -0.25) is 18.7 Å². The number of hydrogen-bond acceptors (Lipinski definition) is 8. The lowest BCUT2D eigenvalue weighted by Crippen LogP contribution is -2.37. The zero-order valence-electron chi connectivity index (χ0n) is 21.4. The topological polar surface area (TPSA) is 132 Å². The second-order valence-corrected chi connectivity index (χ2v) is 8.85. The Morgan fingerprint density at radius 3 is 2.70 bits per heavy atom. The number of aromatic nitrogens is 4. The number of nitrogens with one attached hydrogen (secondary N) is 2. The van der Waals surface area contributed by atoms with Crippen molar-refractivity contribution in [2.75, 3.05) is 44.6 Å². The number of piperidine rings is 1. The quantitative estimate of drug-likeness (QED) is 0.353. The fourth-order valence-electron chi connectivity index (χ4n) is 4.31. The van der Waals surface area contributed by atoms with E-state index >= 15 is 0 Å². The summed E-state index contributed by atoms with van der Waals surface area (Å²) in [6.45, 7) is 6.39. The monoisotopic (exact) mass is 506 g/mol. The maximum atomic E-state index is 13.3. The Bertz CT molecular complexity index is 1360. The number of para-hydroxylation sites is 1. The predicted molar refractivity (Wildman–Crippen MR) is 143 cm³/mol. The molecular weight excluding hydrogens is 472 g/mol. The van der Waals surface area contributed by atoms with E-state index in [1.54, 1.807) is 42.8 Å². The molecule has 0 radical (unpaired) electrons. The van der Waals surface area contributed by atoms with E-state index in [0.29, 0.717) is 42.4 Å². The molecule has 1 aliphatic rings. The highest BCUT2D eigenvalue weighted by Gasteiger charge is 2.21. The molecule has 37 heavy (non-hydrogen) atoms. The smallest absolute Gasteiger partial charge is 0.306 e. The third-order valence-corrected chi connectivity index (χ3v) is 6.28. The van der Waals surface area contributed by atoms with Crippen LogP contribution in [0.1, 0.15) is 36.5 Å². The van der Waals surface area contributed by atoms with Crippen LogP contribution in [0.2, 0.25) is 0 Å². The van der Waals surface area contributed by atoms with Gasteiger partial charge in [0.05, 0.1) is 12.1 Å². The molecule has 1 aliphatic heterocycles. The second-order valence-electron chi connectivity index (χ2n) is 8.85. The predicted octanol–water partition coefficient (Wildman–Crippen LogP) is 1.53. The average Bonchev–Trinajstić information content (AvgIpc) is 3.27. The van der Waals surface area contributed by atoms with E-state index in [-0.39, 0.29) is 29.7 Å². The number of anilines is 1. The van der Waals surface area contributed by atoms with Gasteiger partial charge < -0.3 is 26.0 Å². The van der Waals surface area contributed by atoms with Gasteiger partial charge in [-0.2, -0.15) is 9.97 Å². The van der Waals surface area contributed by atoms with Gasteiger partial charge in [0, 0.05) is 33.2 Å². The molecular formula is C26H34N8O3. The summed E-state index contributed by atoms with van der Waals surface area (Å²) in [5, 5.41) is 6.10. The van der Waals surface area contributed by atoms with Gasteiger partial charge in [0.2, 0.25) is 5.95 Å².